The van der Waals surface area contributed by atoms with E-state index in [1.165, 1.54) is 0 Å². The van der Waals surface area contributed by atoms with Crippen molar-refractivity contribution in [2.24, 2.45) is 0 Å². The molecule has 1 spiro atoms. The van der Waals surface area contributed by atoms with E-state index >= 15 is 4.39 Å². The van der Waals surface area contributed by atoms with Gasteiger partial charge in [0.15, 0.2) is 0 Å². The van der Waals surface area contributed by atoms with E-state index in [1.54, 1.807) is 0 Å². The summed E-state index contributed by atoms with van der Waals surface area (Å²) in [7, 11) is 0. The Morgan fingerprint density at radius 1 is 1.12 bits per heavy atom. The number of aryl methyl sites for hydroxylation is 1. The van der Waals surface area contributed by atoms with Crippen LogP contribution in [-0.2, 0) is 34.5 Å². The van der Waals surface area contributed by atoms with Gasteiger partial charge in [0.1, 0.15) is 30.0 Å². The van der Waals surface area contributed by atoms with Gasteiger partial charge in [-0.1, -0.05) is 0 Å². The zero-order valence-corrected chi connectivity index (χ0v) is 24.7. The van der Waals surface area contributed by atoms with Gasteiger partial charge >= 0.3 is 6.01 Å². The zero-order valence-electron chi connectivity index (χ0n) is 23.1. The highest BCUT2D eigenvalue weighted by molar-refractivity contribution is 9.10. The molecule has 10 heteroatoms. The van der Waals surface area contributed by atoms with Crippen LogP contribution >= 0.6 is 15.9 Å². The summed E-state index contributed by atoms with van der Waals surface area (Å²) in [6.07, 6.45) is 5.53. The van der Waals surface area contributed by atoms with Crippen molar-refractivity contribution in [1.82, 2.24) is 14.9 Å². The lowest BCUT2D eigenvalue weighted by Gasteiger charge is -2.43. The Balaban J connectivity index is 1.27. The number of ether oxygens (including phenoxy) is 3. The number of anilines is 1. The van der Waals surface area contributed by atoms with E-state index in [9.17, 15) is 4.39 Å². The van der Waals surface area contributed by atoms with E-state index in [0.717, 1.165) is 93.0 Å². The molecule has 2 aromatic rings. The molecule has 1 aromatic carbocycles. The lowest BCUT2D eigenvalue weighted by atomic mass is 9.73. The Labute approximate surface area is 242 Å². The predicted octanol–water partition coefficient (Wildman–Crippen LogP) is 5.17. The van der Waals surface area contributed by atoms with Gasteiger partial charge in [-0.15, -0.1) is 0 Å². The monoisotopic (exact) mass is 618 g/mol. The Morgan fingerprint density at radius 3 is 2.92 bits per heavy atom. The third-order valence-corrected chi connectivity index (χ3v) is 10.3. The quantitative estimate of drug-likeness (QED) is 0.468. The molecule has 5 heterocycles. The van der Waals surface area contributed by atoms with Crippen LogP contribution in [0.5, 0.6) is 6.01 Å². The highest BCUT2D eigenvalue weighted by Crippen LogP contribution is 2.49. The summed E-state index contributed by atoms with van der Waals surface area (Å²) in [5.74, 6) is 0.583. The molecule has 0 bridgehead atoms. The molecule has 7 rings (SSSR count). The van der Waals surface area contributed by atoms with Gasteiger partial charge in [0.2, 0.25) is 0 Å². The lowest BCUT2D eigenvalue weighted by Crippen LogP contribution is -2.44. The fourth-order valence-corrected chi connectivity index (χ4v) is 8.38. The molecule has 4 aliphatic heterocycles. The van der Waals surface area contributed by atoms with Crippen molar-refractivity contribution >= 4 is 21.7 Å². The molecule has 0 amide bonds. The van der Waals surface area contributed by atoms with Gasteiger partial charge in [0.25, 0.3) is 0 Å². The molecule has 1 aliphatic carbocycles. The minimum atomic E-state index is -0.818. The molecule has 216 valence electrons. The number of benzene rings is 1. The van der Waals surface area contributed by atoms with Crippen LogP contribution in [0.1, 0.15) is 66.5 Å². The van der Waals surface area contributed by atoms with E-state index in [1.807, 2.05) is 13.0 Å². The van der Waals surface area contributed by atoms with E-state index in [0.29, 0.717) is 55.3 Å². The first-order chi connectivity index (χ1) is 19.4. The van der Waals surface area contributed by atoms with Crippen LogP contribution in [0.25, 0.3) is 0 Å². The summed E-state index contributed by atoms with van der Waals surface area (Å²) >= 11 is 3.44. The van der Waals surface area contributed by atoms with Crippen LogP contribution in [0.4, 0.5) is 14.6 Å². The number of alkyl halides is 1. The largest absolute Gasteiger partial charge is 0.461 e. The average molecular weight is 620 g/mol. The number of halogens is 3. The van der Waals surface area contributed by atoms with Gasteiger partial charge in [0, 0.05) is 50.2 Å². The number of aromatic nitrogens is 2. The molecule has 0 N–H and O–H groups in total. The Hall–Kier alpha value is -1.88. The summed E-state index contributed by atoms with van der Waals surface area (Å²) in [5, 5.41) is 0. The standard InChI is InChI=1S/C30H37BrF2N4O3/c1-19-13-23(31)26(33)25-21(19)5-2-7-30(25)15-24-22(17-40-30)27(36-8-4-11-38-12-10-36)35-28(34-24)39-18-29-6-3-9-37(29)16-20(32)14-29/h13,20H,2-12,14-18H2,1H3/t20-,29+,30?/m1/s1. The van der Waals surface area contributed by atoms with Crippen LogP contribution in [0.3, 0.4) is 0 Å². The summed E-state index contributed by atoms with van der Waals surface area (Å²) in [6, 6.07) is 2.19. The number of rotatable bonds is 4. The van der Waals surface area contributed by atoms with Gasteiger partial charge in [-0.2, -0.15) is 9.97 Å². The van der Waals surface area contributed by atoms with Crippen molar-refractivity contribution in [3.05, 3.63) is 44.3 Å². The van der Waals surface area contributed by atoms with E-state index in [2.05, 4.69) is 25.7 Å². The molecule has 0 saturated carbocycles. The van der Waals surface area contributed by atoms with E-state index < -0.39 is 11.8 Å². The average Bonchev–Trinajstić information content (AvgIpc) is 3.31. The maximum Gasteiger partial charge on any atom is 0.318 e. The minimum absolute atomic E-state index is 0.235. The summed E-state index contributed by atoms with van der Waals surface area (Å²) in [5.41, 5.74) is 3.54. The van der Waals surface area contributed by atoms with Gasteiger partial charge in [-0.05, 0) is 85.1 Å². The van der Waals surface area contributed by atoms with Gasteiger partial charge < -0.3 is 19.1 Å². The van der Waals surface area contributed by atoms with Crippen LogP contribution < -0.4 is 9.64 Å². The number of nitrogens with zero attached hydrogens (tertiary/aromatic N) is 4. The maximum atomic E-state index is 15.8. The second-order valence-corrected chi connectivity index (χ2v) is 13.1. The first-order valence-electron chi connectivity index (χ1n) is 14.7. The molecule has 1 aromatic heterocycles. The van der Waals surface area contributed by atoms with Crippen LogP contribution in [0, 0.1) is 12.7 Å². The molecule has 0 radical (unpaired) electrons. The third kappa shape index (κ3) is 4.53. The highest BCUT2D eigenvalue weighted by Gasteiger charge is 2.50. The van der Waals surface area contributed by atoms with Crippen molar-refractivity contribution in [3.63, 3.8) is 0 Å². The molecule has 3 saturated heterocycles. The van der Waals surface area contributed by atoms with Crippen molar-refractivity contribution in [1.29, 1.82) is 0 Å². The smallest absolute Gasteiger partial charge is 0.318 e. The highest BCUT2D eigenvalue weighted by atomic mass is 79.9. The summed E-state index contributed by atoms with van der Waals surface area (Å²) < 4.78 is 49.4. The Morgan fingerprint density at radius 2 is 2.02 bits per heavy atom. The Bertz CT molecular complexity index is 1310. The van der Waals surface area contributed by atoms with E-state index in [4.69, 9.17) is 24.2 Å². The van der Waals surface area contributed by atoms with Crippen LogP contribution in [0.15, 0.2) is 10.5 Å². The molecular formula is C30H37BrF2N4O3. The fourth-order valence-electron chi connectivity index (χ4n) is 7.84. The molecule has 1 unspecified atom stereocenters. The Kier molecular flexibility index (Phi) is 7.04. The minimum Gasteiger partial charge on any atom is -0.461 e. The molecule has 3 atom stereocenters. The van der Waals surface area contributed by atoms with E-state index in [-0.39, 0.29) is 11.4 Å². The summed E-state index contributed by atoms with van der Waals surface area (Å²) in [6.45, 7) is 7.01. The SMILES string of the molecule is Cc1cc(Br)c(F)c2c1CCCC21Cc2nc(OC[C@@]34CCCN3C[C@H](F)C4)nc(N3CCCOCC3)c2CO1. The third-order valence-electron chi connectivity index (χ3n) is 9.76. The molecule has 3 fully saturated rings. The first-order valence-corrected chi connectivity index (χ1v) is 15.5. The van der Waals surface area contributed by atoms with Gasteiger partial charge in [0.05, 0.1) is 28.9 Å². The number of hydrogen-bond donors (Lipinski definition) is 0. The molecule has 7 nitrogen and oxygen atoms in total. The fraction of sp³-hybridized carbons (Fsp3) is 0.667. The second-order valence-electron chi connectivity index (χ2n) is 12.2. The van der Waals surface area contributed by atoms with Crippen LogP contribution in [-0.4, -0.2) is 72.6 Å². The first kappa shape index (κ1) is 27.0. The second kappa shape index (κ2) is 10.4. The molecule has 5 aliphatic rings. The molecular weight excluding hydrogens is 582 g/mol. The normalized spacial score (nSPS) is 30.2. The van der Waals surface area contributed by atoms with Crippen molar-refractivity contribution in [3.8, 4) is 6.01 Å². The van der Waals surface area contributed by atoms with Crippen LogP contribution in [0.2, 0.25) is 0 Å². The lowest BCUT2D eigenvalue weighted by molar-refractivity contribution is -0.0878. The zero-order chi connectivity index (χ0) is 27.5. The molecule has 40 heavy (non-hydrogen) atoms. The summed E-state index contributed by atoms with van der Waals surface area (Å²) in [4.78, 5) is 14.4. The maximum absolute atomic E-state index is 15.8. The van der Waals surface area contributed by atoms with Crippen molar-refractivity contribution in [2.75, 3.05) is 50.9 Å². The van der Waals surface area contributed by atoms with Gasteiger partial charge in [-0.25, -0.2) is 8.78 Å². The predicted molar refractivity (Wildman–Crippen MR) is 150 cm³/mol. The topological polar surface area (TPSA) is 60.0 Å². The van der Waals surface area contributed by atoms with Gasteiger partial charge in [-0.3, -0.25) is 4.90 Å². The number of hydrogen-bond acceptors (Lipinski definition) is 7. The van der Waals surface area contributed by atoms with Crippen molar-refractivity contribution < 1.29 is 23.0 Å². The van der Waals surface area contributed by atoms with Crippen molar-refractivity contribution in [2.45, 2.75) is 82.2 Å². The number of fused-ring (bicyclic) bond motifs is 4.